The van der Waals surface area contributed by atoms with E-state index >= 15 is 0 Å². The minimum Gasteiger partial charge on any atom is -0.337 e. The standard InChI is InChI=1S/C12H16N4/c1-5-16(8-9(2)3)12-14-10(4)6-11(7-13)15-12/h6H,2,5,8H2,1,3-4H3. The van der Waals surface area contributed by atoms with E-state index in [1.54, 1.807) is 6.07 Å². The minimum atomic E-state index is 0.405. The van der Waals surface area contributed by atoms with E-state index in [1.807, 2.05) is 31.7 Å². The van der Waals surface area contributed by atoms with Crippen LogP contribution in [0.4, 0.5) is 5.95 Å². The third-order valence-corrected chi connectivity index (χ3v) is 2.08. The van der Waals surface area contributed by atoms with Gasteiger partial charge >= 0.3 is 0 Å². The average Bonchev–Trinajstić information content (AvgIpc) is 2.24. The second kappa shape index (κ2) is 5.26. The van der Waals surface area contributed by atoms with E-state index in [9.17, 15) is 0 Å². The Bertz CT molecular complexity index is 431. The Morgan fingerprint density at radius 2 is 2.25 bits per heavy atom. The van der Waals surface area contributed by atoms with Crippen LogP contribution in [0.15, 0.2) is 18.2 Å². The Morgan fingerprint density at radius 1 is 1.56 bits per heavy atom. The lowest BCUT2D eigenvalue weighted by Gasteiger charge is -2.21. The molecule has 0 aliphatic rings. The van der Waals surface area contributed by atoms with E-state index in [0.717, 1.165) is 17.8 Å². The van der Waals surface area contributed by atoms with Gasteiger partial charge in [0, 0.05) is 18.8 Å². The van der Waals surface area contributed by atoms with Crippen LogP contribution in [0.25, 0.3) is 0 Å². The van der Waals surface area contributed by atoms with Gasteiger partial charge in [-0.1, -0.05) is 12.2 Å². The van der Waals surface area contributed by atoms with Crippen molar-refractivity contribution < 1.29 is 0 Å². The zero-order valence-corrected chi connectivity index (χ0v) is 9.99. The highest BCUT2D eigenvalue weighted by Gasteiger charge is 2.09. The van der Waals surface area contributed by atoms with Crippen molar-refractivity contribution in [3.05, 3.63) is 29.6 Å². The molecule has 0 amide bonds. The van der Waals surface area contributed by atoms with Crippen LogP contribution in [-0.4, -0.2) is 23.1 Å². The Kier molecular flexibility index (Phi) is 4.01. The number of nitriles is 1. The van der Waals surface area contributed by atoms with Crippen molar-refractivity contribution in [2.24, 2.45) is 0 Å². The number of rotatable bonds is 4. The normalized spacial score (nSPS) is 9.62. The summed E-state index contributed by atoms with van der Waals surface area (Å²) in [5.74, 6) is 0.599. The molecule has 1 aromatic rings. The lowest BCUT2D eigenvalue weighted by atomic mass is 10.3. The van der Waals surface area contributed by atoms with Crippen LogP contribution in [-0.2, 0) is 0 Å². The summed E-state index contributed by atoms with van der Waals surface area (Å²) >= 11 is 0. The van der Waals surface area contributed by atoms with Crippen LogP contribution in [0.2, 0.25) is 0 Å². The largest absolute Gasteiger partial charge is 0.337 e. The molecule has 4 nitrogen and oxygen atoms in total. The average molecular weight is 216 g/mol. The monoisotopic (exact) mass is 216 g/mol. The van der Waals surface area contributed by atoms with Crippen molar-refractivity contribution >= 4 is 5.95 Å². The summed E-state index contributed by atoms with van der Waals surface area (Å²) in [6.07, 6.45) is 0. The van der Waals surface area contributed by atoms with E-state index in [0.29, 0.717) is 18.2 Å². The first kappa shape index (κ1) is 12.2. The summed E-state index contributed by atoms with van der Waals surface area (Å²) < 4.78 is 0. The van der Waals surface area contributed by atoms with Crippen LogP contribution in [0.1, 0.15) is 25.2 Å². The summed E-state index contributed by atoms with van der Waals surface area (Å²) in [7, 11) is 0. The molecule has 0 unspecified atom stereocenters. The third-order valence-electron chi connectivity index (χ3n) is 2.08. The SMILES string of the molecule is C=C(C)CN(CC)c1nc(C)cc(C#N)n1. The van der Waals surface area contributed by atoms with E-state index in [-0.39, 0.29) is 0 Å². The topological polar surface area (TPSA) is 52.8 Å². The molecule has 0 aliphatic carbocycles. The Morgan fingerprint density at radius 3 is 2.75 bits per heavy atom. The molecule has 84 valence electrons. The summed E-state index contributed by atoms with van der Waals surface area (Å²) in [5, 5.41) is 8.85. The van der Waals surface area contributed by atoms with Crippen LogP contribution in [0.3, 0.4) is 0 Å². The van der Waals surface area contributed by atoms with Gasteiger partial charge in [-0.15, -0.1) is 0 Å². The third kappa shape index (κ3) is 3.06. The maximum absolute atomic E-state index is 8.85. The molecule has 0 N–H and O–H groups in total. The summed E-state index contributed by atoms with van der Waals surface area (Å²) in [4.78, 5) is 10.5. The van der Waals surface area contributed by atoms with Gasteiger partial charge in [0.1, 0.15) is 11.8 Å². The van der Waals surface area contributed by atoms with Gasteiger partial charge in [-0.05, 0) is 26.8 Å². The fraction of sp³-hybridized carbons (Fsp3) is 0.417. The molecule has 1 aromatic heterocycles. The highest BCUT2D eigenvalue weighted by molar-refractivity contribution is 5.37. The number of hydrogen-bond acceptors (Lipinski definition) is 4. The van der Waals surface area contributed by atoms with Gasteiger partial charge < -0.3 is 4.90 Å². The second-order valence-corrected chi connectivity index (χ2v) is 3.78. The predicted octanol–water partition coefficient (Wildman–Crippen LogP) is 2.06. The second-order valence-electron chi connectivity index (χ2n) is 3.78. The number of hydrogen-bond donors (Lipinski definition) is 0. The van der Waals surface area contributed by atoms with Crippen LogP contribution in [0.5, 0.6) is 0 Å². The molecule has 0 atom stereocenters. The molecule has 4 heteroatoms. The van der Waals surface area contributed by atoms with Gasteiger partial charge in [-0.3, -0.25) is 0 Å². The summed E-state index contributed by atoms with van der Waals surface area (Å²) in [5.41, 5.74) is 2.26. The van der Waals surface area contributed by atoms with Crippen LogP contribution in [0, 0.1) is 18.3 Å². The fourth-order valence-electron chi connectivity index (χ4n) is 1.40. The zero-order valence-electron chi connectivity index (χ0n) is 9.99. The van der Waals surface area contributed by atoms with Gasteiger partial charge in [0.2, 0.25) is 5.95 Å². The number of aryl methyl sites for hydroxylation is 1. The predicted molar refractivity (Wildman–Crippen MR) is 64.2 cm³/mol. The quantitative estimate of drug-likeness (QED) is 0.723. The van der Waals surface area contributed by atoms with E-state index in [4.69, 9.17) is 5.26 Å². The Balaban J connectivity index is 3.05. The molecule has 0 fully saturated rings. The summed E-state index contributed by atoms with van der Waals surface area (Å²) in [6, 6.07) is 3.72. The van der Waals surface area contributed by atoms with Crippen molar-refractivity contribution in [3.63, 3.8) is 0 Å². The van der Waals surface area contributed by atoms with Gasteiger partial charge in [0.25, 0.3) is 0 Å². The molecular weight excluding hydrogens is 200 g/mol. The Labute approximate surface area is 96.3 Å². The van der Waals surface area contributed by atoms with Crippen molar-refractivity contribution in [3.8, 4) is 6.07 Å². The molecular formula is C12H16N4. The highest BCUT2D eigenvalue weighted by atomic mass is 15.2. The molecule has 16 heavy (non-hydrogen) atoms. The smallest absolute Gasteiger partial charge is 0.227 e. The molecule has 0 aliphatic heterocycles. The lowest BCUT2D eigenvalue weighted by molar-refractivity contribution is 0.825. The van der Waals surface area contributed by atoms with Crippen molar-refractivity contribution in [1.29, 1.82) is 5.26 Å². The molecule has 0 radical (unpaired) electrons. The molecule has 1 rings (SSSR count). The van der Waals surface area contributed by atoms with Gasteiger partial charge in [-0.2, -0.15) is 5.26 Å². The first-order valence-electron chi connectivity index (χ1n) is 5.22. The van der Waals surface area contributed by atoms with E-state index in [2.05, 4.69) is 16.5 Å². The minimum absolute atomic E-state index is 0.405. The number of likely N-dealkylation sites (N-methyl/N-ethyl adjacent to an activating group) is 1. The van der Waals surface area contributed by atoms with Gasteiger partial charge in [-0.25, -0.2) is 9.97 Å². The number of nitrogens with zero attached hydrogens (tertiary/aromatic N) is 4. The maximum Gasteiger partial charge on any atom is 0.227 e. The highest BCUT2D eigenvalue weighted by Crippen LogP contribution is 2.11. The van der Waals surface area contributed by atoms with Crippen LogP contribution < -0.4 is 4.90 Å². The van der Waals surface area contributed by atoms with Gasteiger partial charge in [0.15, 0.2) is 0 Å². The van der Waals surface area contributed by atoms with Crippen LogP contribution >= 0.6 is 0 Å². The molecule has 0 bridgehead atoms. The van der Waals surface area contributed by atoms with Crippen molar-refractivity contribution in [1.82, 2.24) is 9.97 Å². The number of anilines is 1. The fourth-order valence-corrected chi connectivity index (χ4v) is 1.40. The first-order chi connectivity index (χ1) is 7.56. The molecule has 0 aromatic carbocycles. The van der Waals surface area contributed by atoms with E-state index in [1.165, 1.54) is 0 Å². The zero-order chi connectivity index (χ0) is 12.1. The Hall–Kier alpha value is -1.89. The molecule has 0 saturated heterocycles. The number of aromatic nitrogens is 2. The van der Waals surface area contributed by atoms with Gasteiger partial charge in [0.05, 0.1) is 0 Å². The summed E-state index contributed by atoms with van der Waals surface area (Å²) in [6.45, 7) is 11.2. The molecule has 1 heterocycles. The molecule has 0 saturated carbocycles. The first-order valence-corrected chi connectivity index (χ1v) is 5.22. The lowest BCUT2D eigenvalue weighted by Crippen LogP contribution is -2.26. The van der Waals surface area contributed by atoms with Crippen molar-refractivity contribution in [2.75, 3.05) is 18.0 Å². The van der Waals surface area contributed by atoms with E-state index < -0.39 is 0 Å². The maximum atomic E-state index is 8.85. The molecule has 0 spiro atoms. The van der Waals surface area contributed by atoms with Crippen molar-refractivity contribution in [2.45, 2.75) is 20.8 Å².